The molecule has 1 saturated carbocycles. The van der Waals surface area contributed by atoms with Crippen LogP contribution in [0.25, 0.3) is 11.1 Å². The number of hydrogen-bond acceptors (Lipinski definition) is 5. The van der Waals surface area contributed by atoms with Gasteiger partial charge in [0.1, 0.15) is 6.04 Å². The van der Waals surface area contributed by atoms with Crippen LogP contribution < -0.4 is 10.6 Å². The van der Waals surface area contributed by atoms with Gasteiger partial charge in [-0.15, -0.1) is 0 Å². The summed E-state index contributed by atoms with van der Waals surface area (Å²) in [5.74, 6) is -0.0259. The largest absolute Gasteiger partial charge is 0.480 e. The zero-order chi connectivity index (χ0) is 30.5. The molecule has 3 rings (SSSR count). The van der Waals surface area contributed by atoms with E-state index in [9.17, 15) is 14.7 Å². The van der Waals surface area contributed by atoms with Crippen LogP contribution >= 0.6 is 0 Å². The fourth-order valence-corrected chi connectivity index (χ4v) is 5.91. The molecular formula is C35H53N3O4. The standard InChI is InChI=1S/C35H53N3O4/c1-25(2)18-20-42-24-29(21-27-12-7-6-8-13-27)38(5)23-28-15-16-31(32(22-28)30-14-10-9-11-26(30)3)34(39)37-33(35(40)41)17-19-36-4/h9-11,14-16,22,25,27,29,33,36H,6-8,12-13,17-21,23-24H2,1-5H3,(H,37,39)(H,40,41). The van der Waals surface area contributed by atoms with Gasteiger partial charge in [-0.2, -0.15) is 0 Å². The predicted octanol–water partition coefficient (Wildman–Crippen LogP) is 6.29. The van der Waals surface area contributed by atoms with Gasteiger partial charge in [0.05, 0.1) is 6.61 Å². The zero-order valence-electron chi connectivity index (χ0n) is 26.5. The van der Waals surface area contributed by atoms with E-state index in [4.69, 9.17) is 4.74 Å². The second-order valence-corrected chi connectivity index (χ2v) is 12.5. The summed E-state index contributed by atoms with van der Waals surface area (Å²) >= 11 is 0. The normalized spacial score (nSPS) is 15.6. The maximum Gasteiger partial charge on any atom is 0.326 e. The highest BCUT2D eigenvalue weighted by molar-refractivity contribution is 6.02. The second kappa shape index (κ2) is 17.4. The van der Waals surface area contributed by atoms with Crippen LogP contribution in [-0.4, -0.2) is 67.8 Å². The van der Waals surface area contributed by atoms with E-state index in [1.807, 2.05) is 43.3 Å². The molecule has 0 heterocycles. The molecule has 3 N–H and O–H groups in total. The number of nitrogens with zero attached hydrogens (tertiary/aromatic N) is 1. The smallest absolute Gasteiger partial charge is 0.326 e. The molecule has 2 aromatic rings. The topological polar surface area (TPSA) is 90.9 Å². The Bertz CT molecular complexity index is 1130. The molecule has 1 aliphatic rings. The number of hydrogen-bond donors (Lipinski definition) is 3. The molecule has 2 aromatic carbocycles. The molecule has 0 aliphatic heterocycles. The first kappa shape index (κ1) is 33.8. The summed E-state index contributed by atoms with van der Waals surface area (Å²) in [4.78, 5) is 27.7. The van der Waals surface area contributed by atoms with Crippen LogP contribution in [-0.2, 0) is 16.1 Å². The summed E-state index contributed by atoms with van der Waals surface area (Å²) < 4.78 is 6.20. The first-order chi connectivity index (χ1) is 20.2. The highest BCUT2D eigenvalue weighted by Crippen LogP contribution is 2.31. The van der Waals surface area contributed by atoms with Gasteiger partial charge in [0, 0.05) is 24.8 Å². The fourth-order valence-electron chi connectivity index (χ4n) is 5.91. The summed E-state index contributed by atoms with van der Waals surface area (Å²) in [6.45, 7) is 9.26. The number of nitrogens with one attached hydrogen (secondary N) is 2. The van der Waals surface area contributed by atoms with Crippen LogP contribution in [0.1, 0.15) is 86.7 Å². The van der Waals surface area contributed by atoms with Crippen LogP contribution in [0, 0.1) is 18.8 Å². The molecule has 0 spiro atoms. The van der Waals surface area contributed by atoms with Crippen LogP contribution in [0.5, 0.6) is 0 Å². The molecular weight excluding hydrogens is 526 g/mol. The Balaban J connectivity index is 1.85. The van der Waals surface area contributed by atoms with E-state index in [2.05, 4.69) is 42.5 Å². The molecule has 2 unspecified atom stereocenters. The first-order valence-electron chi connectivity index (χ1n) is 15.8. The van der Waals surface area contributed by atoms with Crippen molar-refractivity contribution in [3.63, 3.8) is 0 Å². The number of carboxylic acids is 1. The van der Waals surface area contributed by atoms with Gasteiger partial charge < -0.3 is 20.5 Å². The van der Waals surface area contributed by atoms with Crippen LogP contribution in [0.4, 0.5) is 0 Å². The number of rotatable bonds is 17. The van der Waals surface area contributed by atoms with E-state index in [0.29, 0.717) is 30.5 Å². The molecule has 0 saturated heterocycles. The number of likely N-dealkylation sites (N-methyl/N-ethyl adjacent to an activating group) is 1. The summed E-state index contributed by atoms with van der Waals surface area (Å²) in [6, 6.07) is 13.4. The maximum atomic E-state index is 13.5. The summed E-state index contributed by atoms with van der Waals surface area (Å²) in [5, 5.41) is 15.4. The summed E-state index contributed by atoms with van der Waals surface area (Å²) in [7, 11) is 3.96. The molecule has 7 heteroatoms. The maximum absolute atomic E-state index is 13.5. The highest BCUT2D eigenvalue weighted by Gasteiger charge is 2.25. The minimum atomic E-state index is -1.03. The number of aliphatic carboxylic acids is 1. The van der Waals surface area contributed by atoms with Crippen LogP contribution in [0.2, 0.25) is 0 Å². The van der Waals surface area contributed by atoms with Crippen molar-refractivity contribution in [3.05, 3.63) is 59.2 Å². The van der Waals surface area contributed by atoms with Crippen molar-refractivity contribution in [1.29, 1.82) is 0 Å². The highest BCUT2D eigenvalue weighted by atomic mass is 16.5. The molecule has 0 bridgehead atoms. The average molecular weight is 580 g/mol. The Morgan fingerprint density at radius 3 is 2.45 bits per heavy atom. The number of carboxylic acid groups (broad SMARTS) is 1. The lowest BCUT2D eigenvalue weighted by Crippen LogP contribution is -2.42. The number of carbonyl (C=O) groups is 2. The van der Waals surface area contributed by atoms with Gasteiger partial charge in [-0.1, -0.05) is 76.3 Å². The minimum Gasteiger partial charge on any atom is -0.480 e. The van der Waals surface area contributed by atoms with Crippen LogP contribution in [0.3, 0.4) is 0 Å². The van der Waals surface area contributed by atoms with Crippen molar-refractivity contribution in [2.75, 3.05) is 33.9 Å². The minimum absolute atomic E-state index is 0.307. The summed E-state index contributed by atoms with van der Waals surface area (Å²) in [6.07, 6.45) is 9.15. The fraction of sp³-hybridized carbons (Fsp3) is 0.600. The monoisotopic (exact) mass is 579 g/mol. The van der Waals surface area contributed by atoms with Crippen molar-refractivity contribution in [2.45, 2.75) is 90.8 Å². The molecule has 1 aliphatic carbocycles. The van der Waals surface area contributed by atoms with Crippen LogP contribution in [0.15, 0.2) is 42.5 Å². The number of benzene rings is 2. The molecule has 0 aromatic heterocycles. The van der Waals surface area contributed by atoms with E-state index >= 15 is 0 Å². The molecule has 232 valence electrons. The number of aryl methyl sites for hydroxylation is 1. The van der Waals surface area contributed by atoms with Gasteiger partial charge in [-0.3, -0.25) is 9.69 Å². The SMILES string of the molecule is CNCCC(NC(=O)c1ccc(CN(C)C(COCCC(C)C)CC2CCCCC2)cc1-c1ccccc1C)C(=O)O. The first-order valence-corrected chi connectivity index (χ1v) is 15.8. The van der Waals surface area contributed by atoms with E-state index in [1.165, 1.54) is 32.1 Å². The van der Waals surface area contributed by atoms with Crippen molar-refractivity contribution >= 4 is 11.9 Å². The summed E-state index contributed by atoms with van der Waals surface area (Å²) in [5.41, 5.74) is 4.47. The van der Waals surface area contributed by atoms with E-state index in [0.717, 1.165) is 60.8 Å². The van der Waals surface area contributed by atoms with Crippen molar-refractivity contribution in [1.82, 2.24) is 15.5 Å². The average Bonchev–Trinajstić information content (AvgIpc) is 2.97. The van der Waals surface area contributed by atoms with Gasteiger partial charge in [0.25, 0.3) is 5.91 Å². The Morgan fingerprint density at radius 2 is 1.79 bits per heavy atom. The quantitative estimate of drug-likeness (QED) is 0.191. The lowest BCUT2D eigenvalue weighted by molar-refractivity contribution is -0.139. The van der Waals surface area contributed by atoms with Crippen molar-refractivity contribution < 1.29 is 19.4 Å². The molecule has 2 atom stereocenters. The molecule has 0 radical (unpaired) electrons. The predicted molar refractivity (Wildman–Crippen MR) is 171 cm³/mol. The van der Waals surface area contributed by atoms with E-state index < -0.39 is 12.0 Å². The molecule has 1 fully saturated rings. The Hall–Kier alpha value is -2.74. The molecule has 1 amide bonds. The number of amides is 1. The molecule has 42 heavy (non-hydrogen) atoms. The third-order valence-corrected chi connectivity index (χ3v) is 8.59. The van der Waals surface area contributed by atoms with Gasteiger partial charge in [-0.25, -0.2) is 4.79 Å². The van der Waals surface area contributed by atoms with Crippen molar-refractivity contribution in [2.24, 2.45) is 11.8 Å². The van der Waals surface area contributed by atoms with Gasteiger partial charge >= 0.3 is 5.97 Å². The van der Waals surface area contributed by atoms with Crippen molar-refractivity contribution in [3.8, 4) is 11.1 Å². The van der Waals surface area contributed by atoms with E-state index in [1.54, 1.807) is 7.05 Å². The zero-order valence-corrected chi connectivity index (χ0v) is 26.5. The third kappa shape index (κ3) is 10.5. The Morgan fingerprint density at radius 1 is 1.05 bits per heavy atom. The third-order valence-electron chi connectivity index (χ3n) is 8.59. The lowest BCUT2D eigenvalue weighted by Gasteiger charge is -2.33. The van der Waals surface area contributed by atoms with Gasteiger partial charge in [0.2, 0.25) is 0 Å². The second-order valence-electron chi connectivity index (χ2n) is 12.5. The Labute approximate surface area is 253 Å². The van der Waals surface area contributed by atoms with Gasteiger partial charge in [0.15, 0.2) is 0 Å². The molecule has 7 nitrogen and oxygen atoms in total. The lowest BCUT2D eigenvalue weighted by atomic mass is 9.84. The number of ether oxygens (including phenoxy) is 1. The Kier molecular flexibility index (Phi) is 14.0. The van der Waals surface area contributed by atoms with E-state index in [-0.39, 0.29) is 5.91 Å². The number of carbonyl (C=O) groups excluding carboxylic acids is 1. The van der Waals surface area contributed by atoms with Gasteiger partial charge in [-0.05, 0) is 93.0 Å².